The van der Waals surface area contributed by atoms with Crippen molar-refractivity contribution in [3.05, 3.63) is 0 Å². The third-order valence-corrected chi connectivity index (χ3v) is 5.79. The molecule has 0 aromatic rings. The van der Waals surface area contributed by atoms with Gasteiger partial charge in [0.25, 0.3) is 0 Å². The summed E-state index contributed by atoms with van der Waals surface area (Å²) in [6.45, 7) is 10.2. The number of nitrogens with one attached hydrogen (secondary N) is 1. The van der Waals surface area contributed by atoms with E-state index < -0.39 is 0 Å². The molecule has 2 rings (SSSR count). The molecular weight excluding hydrogens is 346 g/mol. The van der Waals surface area contributed by atoms with Crippen molar-refractivity contribution in [1.29, 1.82) is 0 Å². The number of rotatable bonds is 8. The summed E-state index contributed by atoms with van der Waals surface area (Å²) in [6, 6.07) is 0. The molecule has 1 amide bonds. The monoisotopic (exact) mass is 383 g/mol. The van der Waals surface area contributed by atoms with Crippen molar-refractivity contribution in [2.24, 2.45) is 4.99 Å². The summed E-state index contributed by atoms with van der Waals surface area (Å²) < 4.78 is 0. The maximum Gasteiger partial charge on any atom is 0.236 e. The molecule has 0 saturated carbocycles. The van der Waals surface area contributed by atoms with Gasteiger partial charge < -0.3 is 15.1 Å². The molecule has 150 valence electrons. The van der Waals surface area contributed by atoms with Gasteiger partial charge in [0.1, 0.15) is 0 Å². The number of piperidine rings is 1. The fourth-order valence-electron chi connectivity index (χ4n) is 3.52. The summed E-state index contributed by atoms with van der Waals surface area (Å²) in [5.41, 5.74) is 0. The lowest BCUT2D eigenvalue weighted by molar-refractivity contribution is -0.133. The highest BCUT2D eigenvalue weighted by Crippen LogP contribution is 2.10. The number of unbranched alkanes of at least 4 members (excludes halogenated alkanes) is 1. The Balaban J connectivity index is 1.73. The lowest BCUT2D eigenvalue weighted by Gasteiger charge is -2.37. The van der Waals surface area contributed by atoms with E-state index in [1.54, 1.807) is 0 Å². The Morgan fingerprint density at radius 2 is 1.73 bits per heavy atom. The van der Waals surface area contributed by atoms with Crippen molar-refractivity contribution in [2.75, 3.05) is 70.9 Å². The zero-order valence-electron chi connectivity index (χ0n) is 16.7. The summed E-state index contributed by atoms with van der Waals surface area (Å²) >= 11 is 1.90. The minimum Gasteiger partial charge on any atom is -0.357 e. The molecule has 0 radical (unpaired) electrons. The van der Waals surface area contributed by atoms with Crippen LogP contribution >= 0.6 is 11.8 Å². The van der Waals surface area contributed by atoms with Gasteiger partial charge in [0.15, 0.2) is 5.96 Å². The van der Waals surface area contributed by atoms with Crippen LogP contribution in [0, 0.1) is 0 Å². The van der Waals surface area contributed by atoms with E-state index in [1.165, 1.54) is 31.4 Å². The number of thioether (sulfide) groups is 1. The van der Waals surface area contributed by atoms with E-state index in [2.05, 4.69) is 33.2 Å². The topological polar surface area (TPSA) is 51.2 Å². The Labute approximate surface area is 163 Å². The summed E-state index contributed by atoms with van der Waals surface area (Å²) in [6.07, 6.45) is 8.14. The van der Waals surface area contributed by atoms with Gasteiger partial charge in [-0.15, -0.1) is 0 Å². The highest BCUT2D eigenvalue weighted by atomic mass is 32.2. The maximum atomic E-state index is 12.4. The number of carbonyl (C=O) groups is 1. The summed E-state index contributed by atoms with van der Waals surface area (Å²) in [7, 11) is 0. The van der Waals surface area contributed by atoms with E-state index >= 15 is 0 Å². The van der Waals surface area contributed by atoms with Crippen LogP contribution in [0.25, 0.3) is 0 Å². The highest BCUT2D eigenvalue weighted by Gasteiger charge is 2.23. The molecule has 0 aromatic heterocycles. The Morgan fingerprint density at radius 3 is 2.38 bits per heavy atom. The van der Waals surface area contributed by atoms with Crippen molar-refractivity contribution >= 4 is 23.6 Å². The summed E-state index contributed by atoms with van der Waals surface area (Å²) in [5.74, 6) is 2.57. The number of hydrogen-bond donors (Lipinski definition) is 1. The van der Waals surface area contributed by atoms with Crippen LogP contribution in [0.15, 0.2) is 4.99 Å². The minimum absolute atomic E-state index is 0.313. The molecule has 7 heteroatoms. The van der Waals surface area contributed by atoms with Gasteiger partial charge in [0.05, 0.1) is 6.54 Å². The van der Waals surface area contributed by atoms with E-state index in [0.717, 1.165) is 64.7 Å². The first-order valence-corrected chi connectivity index (χ1v) is 11.7. The molecule has 2 aliphatic rings. The molecule has 0 bridgehead atoms. The van der Waals surface area contributed by atoms with E-state index in [0.29, 0.717) is 12.5 Å². The van der Waals surface area contributed by atoms with Crippen LogP contribution in [0.5, 0.6) is 0 Å². The Bertz CT molecular complexity index is 432. The Morgan fingerprint density at radius 1 is 1.00 bits per heavy atom. The number of piperazine rings is 1. The normalized spacial score (nSPS) is 19.7. The molecule has 0 aromatic carbocycles. The SMILES string of the molecule is CCNC(=NCCCCSC)N1CCN(CC(=O)N2CCCCC2)CC1. The number of carbonyl (C=O) groups excluding carboxylic acids is 1. The van der Waals surface area contributed by atoms with E-state index in [4.69, 9.17) is 4.99 Å². The molecule has 26 heavy (non-hydrogen) atoms. The number of aliphatic imine (C=N–C) groups is 1. The molecule has 0 aliphatic carbocycles. The highest BCUT2D eigenvalue weighted by molar-refractivity contribution is 7.98. The second-order valence-electron chi connectivity index (χ2n) is 7.14. The summed E-state index contributed by atoms with van der Waals surface area (Å²) in [4.78, 5) is 23.9. The first kappa shape index (κ1) is 21.4. The van der Waals surface area contributed by atoms with Crippen molar-refractivity contribution in [1.82, 2.24) is 20.0 Å². The molecule has 0 unspecified atom stereocenters. The molecule has 2 aliphatic heterocycles. The van der Waals surface area contributed by atoms with Crippen LogP contribution in [0.1, 0.15) is 39.0 Å². The lowest BCUT2D eigenvalue weighted by Crippen LogP contribution is -2.54. The molecule has 2 saturated heterocycles. The predicted octanol–water partition coefficient (Wildman–Crippen LogP) is 1.73. The van der Waals surface area contributed by atoms with Gasteiger partial charge in [-0.25, -0.2) is 0 Å². The van der Waals surface area contributed by atoms with Crippen LogP contribution in [0.2, 0.25) is 0 Å². The van der Waals surface area contributed by atoms with Crippen molar-refractivity contribution in [3.63, 3.8) is 0 Å². The predicted molar refractivity (Wildman–Crippen MR) is 112 cm³/mol. The van der Waals surface area contributed by atoms with E-state index in [1.807, 2.05) is 11.8 Å². The van der Waals surface area contributed by atoms with Gasteiger partial charge in [-0.2, -0.15) is 11.8 Å². The fraction of sp³-hybridized carbons (Fsp3) is 0.895. The number of hydrogen-bond acceptors (Lipinski definition) is 4. The van der Waals surface area contributed by atoms with Gasteiger partial charge in [-0.1, -0.05) is 0 Å². The van der Waals surface area contributed by atoms with Crippen LogP contribution in [-0.4, -0.2) is 97.5 Å². The number of amides is 1. The molecule has 2 heterocycles. The fourth-order valence-corrected chi connectivity index (χ4v) is 4.01. The lowest BCUT2D eigenvalue weighted by atomic mass is 10.1. The first-order valence-electron chi connectivity index (χ1n) is 10.3. The number of likely N-dealkylation sites (tertiary alicyclic amines) is 1. The van der Waals surface area contributed by atoms with Gasteiger partial charge >= 0.3 is 0 Å². The van der Waals surface area contributed by atoms with E-state index in [9.17, 15) is 4.79 Å². The zero-order valence-corrected chi connectivity index (χ0v) is 17.5. The van der Waals surface area contributed by atoms with Gasteiger partial charge in [-0.3, -0.25) is 14.7 Å². The van der Waals surface area contributed by atoms with Crippen LogP contribution < -0.4 is 5.32 Å². The van der Waals surface area contributed by atoms with Crippen LogP contribution in [-0.2, 0) is 4.79 Å². The number of nitrogens with zero attached hydrogens (tertiary/aromatic N) is 4. The van der Waals surface area contributed by atoms with Gasteiger partial charge in [-0.05, 0) is 51.0 Å². The zero-order chi connectivity index (χ0) is 18.6. The average Bonchev–Trinajstić information content (AvgIpc) is 2.68. The standard InChI is InChI=1S/C19H37N5OS/c1-3-20-19(21-9-5-8-16-26-2)24-14-12-22(13-15-24)17-18(25)23-10-6-4-7-11-23/h3-17H2,1-2H3,(H,20,21). The smallest absolute Gasteiger partial charge is 0.236 e. The summed E-state index contributed by atoms with van der Waals surface area (Å²) in [5, 5.41) is 3.43. The van der Waals surface area contributed by atoms with Crippen molar-refractivity contribution in [2.45, 2.75) is 39.0 Å². The maximum absolute atomic E-state index is 12.4. The third-order valence-electron chi connectivity index (χ3n) is 5.09. The molecule has 6 nitrogen and oxygen atoms in total. The third kappa shape index (κ3) is 7.35. The molecular formula is C19H37N5OS. The van der Waals surface area contributed by atoms with E-state index in [-0.39, 0.29) is 0 Å². The molecule has 0 atom stereocenters. The number of guanidine groups is 1. The minimum atomic E-state index is 0.313. The largest absolute Gasteiger partial charge is 0.357 e. The van der Waals surface area contributed by atoms with Crippen LogP contribution in [0.3, 0.4) is 0 Å². The average molecular weight is 384 g/mol. The first-order chi connectivity index (χ1) is 12.7. The second kappa shape index (κ2) is 12.4. The molecule has 0 spiro atoms. The Kier molecular flexibility index (Phi) is 10.2. The second-order valence-corrected chi connectivity index (χ2v) is 8.13. The van der Waals surface area contributed by atoms with Crippen molar-refractivity contribution < 1.29 is 4.79 Å². The van der Waals surface area contributed by atoms with Gasteiger partial charge in [0, 0.05) is 52.4 Å². The quantitative estimate of drug-likeness (QED) is 0.393. The van der Waals surface area contributed by atoms with Gasteiger partial charge in [0.2, 0.25) is 5.91 Å². The molecule has 1 N–H and O–H groups in total. The molecule has 2 fully saturated rings. The van der Waals surface area contributed by atoms with Crippen LogP contribution in [0.4, 0.5) is 0 Å². The Hall–Kier alpha value is -0.950. The van der Waals surface area contributed by atoms with Crippen molar-refractivity contribution in [3.8, 4) is 0 Å².